The van der Waals surface area contributed by atoms with Gasteiger partial charge in [-0.3, -0.25) is 19.3 Å². The van der Waals surface area contributed by atoms with Crippen molar-refractivity contribution in [2.45, 2.75) is 26.3 Å². The molecule has 1 saturated carbocycles. The van der Waals surface area contributed by atoms with Gasteiger partial charge in [0.05, 0.1) is 23.8 Å². The lowest BCUT2D eigenvalue weighted by Gasteiger charge is -2.52. The Kier molecular flexibility index (Phi) is 4.92. The number of imide groups is 1. The number of urea groups is 1. The van der Waals surface area contributed by atoms with Crippen molar-refractivity contribution in [1.29, 1.82) is 0 Å². The summed E-state index contributed by atoms with van der Waals surface area (Å²) >= 11 is 0. The average Bonchev–Trinajstić information content (AvgIpc) is 3.31. The Morgan fingerprint density at radius 3 is 2.80 bits per heavy atom. The van der Waals surface area contributed by atoms with Gasteiger partial charge in [0.15, 0.2) is 0 Å². The summed E-state index contributed by atoms with van der Waals surface area (Å²) in [4.78, 5) is 48.9. The van der Waals surface area contributed by atoms with Gasteiger partial charge in [-0.05, 0) is 36.0 Å². The van der Waals surface area contributed by atoms with Crippen LogP contribution in [0.25, 0.3) is 5.52 Å². The van der Waals surface area contributed by atoms with E-state index >= 15 is 0 Å². The number of fused-ring (bicyclic) bond motifs is 1. The molecule has 3 N–H and O–H groups in total. The first kappa shape index (κ1) is 19.9. The molecule has 2 aliphatic rings. The Bertz CT molecular complexity index is 1010. The third-order valence-electron chi connectivity index (χ3n) is 6.24. The molecule has 0 bridgehead atoms. The zero-order valence-corrected chi connectivity index (χ0v) is 16.8. The van der Waals surface area contributed by atoms with Gasteiger partial charge in [-0.15, -0.1) is 0 Å². The van der Waals surface area contributed by atoms with E-state index in [9.17, 15) is 19.2 Å². The number of pyridine rings is 1. The summed E-state index contributed by atoms with van der Waals surface area (Å²) in [7, 11) is 0. The van der Waals surface area contributed by atoms with Crippen LogP contribution >= 0.6 is 0 Å². The number of carbonyl (C=O) groups is 4. The number of nitrogens with one attached hydrogen (secondary N) is 3. The molecule has 0 spiro atoms. The van der Waals surface area contributed by atoms with Crippen LogP contribution in [0.1, 0.15) is 30.6 Å². The number of carbonyl (C=O) groups excluding carboxylic acids is 4. The van der Waals surface area contributed by atoms with Gasteiger partial charge in [0, 0.05) is 18.8 Å². The first-order valence-electron chi connectivity index (χ1n) is 9.85. The van der Waals surface area contributed by atoms with E-state index in [1.807, 2.05) is 0 Å². The van der Waals surface area contributed by atoms with Crippen LogP contribution in [0.15, 0.2) is 30.6 Å². The molecule has 2 unspecified atom stereocenters. The SMILES string of the molecule is CC1(C)C(CNC(=O)CN2C(=O)CNC2=O)CC1NC(=O)c1cccn2nccc12. The van der Waals surface area contributed by atoms with Crippen LogP contribution in [0, 0.1) is 11.3 Å². The molecule has 30 heavy (non-hydrogen) atoms. The number of hydrogen-bond donors (Lipinski definition) is 3. The molecule has 0 aromatic carbocycles. The van der Waals surface area contributed by atoms with Crippen molar-refractivity contribution in [2.24, 2.45) is 11.3 Å². The minimum Gasteiger partial charge on any atom is -0.354 e. The number of amides is 5. The van der Waals surface area contributed by atoms with Crippen LogP contribution in [0.3, 0.4) is 0 Å². The number of hydrogen-bond acceptors (Lipinski definition) is 5. The second kappa shape index (κ2) is 7.43. The van der Waals surface area contributed by atoms with Crippen molar-refractivity contribution >= 4 is 29.3 Å². The Morgan fingerprint density at radius 1 is 1.30 bits per heavy atom. The standard InChI is InChI=1S/C20H24N6O4/c1-20(2)12(9-21-16(27)11-25-17(28)10-22-19(25)30)8-15(20)24-18(29)13-4-3-7-26-14(13)5-6-23-26/h3-7,12,15H,8-11H2,1-2H3,(H,21,27)(H,22,30)(H,24,29). The highest BCUT2D eigenvalue weighted by atomic mass is 16.2. The van der Waals surface area contributed by atoms with E-state index in [0.29, 0.717) is 12.1 Å². The van der Waals surface area contributed by atoms with E-state index in [4.69, 9.17) is 0 Å². The second-order valence-corrected chi connectivity index (χ2v) is 8.31. The van der Waals surface area contributed by atoms with Crippen molar-refractivity contribution in [3.05, 3.63) is 36.2 Å². The van der Waals surface area contributed by atoms with Crippen LogP contribution in [0.4, 0.5) is 4.79 Å². The Balaban J connectivity index is 1.30. The summed E-state index contributed by atoms with van der Waals surface area (Å²) in [6.45, 7) is 4.16. The van der Waals surface area contributed by atoms with Crippen molar-refractivity contribution in [3.63, 3.8) is 0 Å². The molecule has 4 rings (SSSR count). The summed E-state index contributed by atoms with van der Waals surface area (Å²) in [5.74, 6) is -0.771. The molecule has 0 radical (unpaired) electrons. The Morgan fingerprint density at radius 2 is 2.10 bits per heavy atom. The van der Waals surface area contributed by atoms with Gasteiger partial charge in [0.1, 0.15) is 6.54 Å². The van der Waals surface area contributed by atoms with E-state index in [-0.39, 0.29) is 42.3 Å². The maximum absolute atomic E-state index is 12.8. The van der Waals surface area contributed by atoms with Crippen molar-refractivity contribution in [3.8, 4) is 0 Å². The normalized spacial score (nSPS) is 22.5. The van der Waals surface area contributed by atoms with Crippen molar-refractivity contribution < 1.29 is 19.2 Å². The van der Waals surface area contributed by atoms with Gasteiger partial charge >= 0.3 is 6.03 Å². The van der Waals surface area contributed by atoms with E-state index in [1.54, 1.807) is 35.1 Å². The summed E-state index contributed by atoms with van der Waals surface area (Å²) in [6, 6.07) is 4.77. The monoisotopic (exact) mass is 412 g/mol. The van der Waals surface area contributed by atoms with Crippen LogP contribution in [0.2, 0.25) is 0 Å². The maximum Gasteiger partial charge on any atom is 0.325 e. The number of nitrogens with zero attached hydrogens (tertiary/aromatic N) is 3. The lowest BCUT2D eigenvalue weighted by atomic mass is 9.58. The molecule has 1 aliphatic carbocycles. The van der Waals surface area contributed by atoms with E-state index in [0.717, 1.165) is 16.8 Å². The number of rotatable bonds is 6. The van der Waals surface area contributed by atoms with Gasteiger partial charge in [0.25, 0.3) is 11.8 Å². The topological polar surface area (TPSA) is 125 Å². The molecule has 10 heteroatoms. The molecule has 158 valence electrons. The third-order valence-corrected chi connectivity index (χ3v) is 6.24. The lowest BCUT2D eigenvalue weighted by molar-refractivity contribution is -0.131. The van der Waals surface area contributed by atoms with Gasteiger partial charge in [-0.25, -0.2) is 9.31 Å². The molecule has 2 fully saturated rings. The molecular weight excluding hydrogens is 388 g/mol. The zero-order valence-electron chi connectivity index (χ0n) is 16.8. The molecule has 2 aromatic rings. The highest BCUT2D eigenvalue weighted by Gasteiger charge is 2.48. The second-order valence-electron chi connectivity index (χ2n) is 8.31. The summed E-state index contributed by atoms with van der Waals surface area (Å²) in [5.41, 5.74) is 1.10. The minimum absolute atomic E-state index is 0.0268. The third kappa shape index (κ3) is 3.49. The van der Waals surface area contributed by atoms with Gasteiger partial charge < -0.3 is 16.0 Å². The highest BCUT2D eigenvalue weighted by Crippen LogP contribution is 2.46. The van der Waals surface area contributed by atoms with Gasteiger partial charge in [0.2, 0.25) is 5.91 Å². The maximum atomic E-state index is 12.8. The summed E-state index contributed by atoms with van der Waals surface area (Å²) < 4.78 is 1.66. The predicted octanol–water partition coefficient (Wildman–Crippen LogP) is 0.147. The van der Waals surface area contributed by atoms with Crippen LogP contribution in [0.5, 0.6) is 0 Å². The predicted molar refractivity (Wildman–Crippen MR) is 106 cm³/mol. The van der Waals surface area contributed by atoms with Crippen LogP contribution in [-0.2, 0) is 9.59 Å². The quantitative estimate of drug-likeness (QED) is 0.583. The fourth-order valence-electron chi connectivity index (χ4n) is 4.04. The van der Waals surface area contributed by atoms with Gasteiger partial charge in [-0.2, -0.15) is 5.10 Å². The molecule has 2 atom stereocenters. The molecule has 3 heterocycles. The zero-order chi connectivity index (χ0) is 21.5. The Hall–Kier alpha value is -3.43. The molecule has 1 aliphatic heterocycles. The first-order chi connectivity index (χ1) is 14.3. The fraction of sp³-hybridized carbons (Fsp3) is 0.450. The Labute approximate surface area is 173 Å². The van der Waals surface area contributed by atoms with E-state index in [1.165, 1.54) is 0 Å². The van der Waals surface area contributed by atoms with Crippen LogP contribution in [-0.4, -0.2) is 63.9 Å². The summed E-state index contributed by atoms with van der Waals surface area (Å²) in [6.07, 6.45) is 4.17. The molecule has 5 amide bonds. The van der Waals surface area contributed by atoms with E-state index < -0.39 is 11.9 Å². The molecule has 2 aromatic heterocycles. The lowest BCUT2D eigenvalue weighted by Crippen LogP contribution is -2.61. The van der Waals surface area contributed by atoms with Crippen molar-refractivity contribution in [2.75, 3.05) is 19.6 Å². The molecule has 1 saturated heterocycles. The smallest absolute Gasteiger partial charge is 0.325 e. The number of aromatic nitrogens is 2. The van der Waals surface area contributed by atoms with Crippen LogP contribution < -0.4 is 16.0 Å². The first-order valence-corrected chi connectivity index (χ1v) is 9.85. The van der Waals surface area contributed by atoms with E-state index in [2.05, 4.69) is 34.9 Å². The molecular formula is C20H24N6O4. The van der Waals surface area contributed by atoms with Crippen molar-refractivity contribution in [1.82, 2.24) is 30.5 Å². The minimum atomic E-state index is -0.546. The highest BCUT2D eigenvalue weighted by molar-refractivity contribution is 6.04. The molecule has 10 nitrogen and oxygen atoms in total. The largest absolute Gasteiger partial charge is 0.354 e. The average molecular weight is 412 g/mol. The fourth-order valence-corrected chi connectivity index (χ4v) is 4.04. The van der Waals surface area contributed by atoms with Gasteiger partial charge in [-0.1, -0.05) is 13.8 Å². The summed E-state index contributed by atoms with van der Waals surface area (Å²) in [5, 5.41) is 12.4.